The number of rotatable bonds is 3. The highest BCUT2D eigenvalue weighted by molar-refractivity contribution is 5.74. The van der Waals surface area contributed by atoms with E-state index in [4.69, 9.17) is 5.11 Å². The third kappa shape index (κ3) is 2.29. The summed E-state index contributed by atoms with van der Waals surface area (Å²) in [4.78, 5) is 22.2. The average Bonchev–Trinajstić information content (AvgIpc) is 2.94. The molecule has 1 aliphatic carbocycles. The molecule has 3 N–H and O–H groups in total. The predicted molar refractivity (Wildman–Crippen MR) is 75.2 cm³/mol. The minimum Gasteiger partial charge on any atom is -0.480 e. The van der Waals surface area contributed by atoms with E-state index in [1.807, 2.05) is 11.9 Å². The quantitative estimate of drug-likeness (QED) is 0.709. The van der Waals surface area contributed by atoms with E-state index in [-0.39, 0.29) is 0 Å². The molecule has 2 heterocycles. The number of nitrogens with one attached hydrogen (secondary N) is 2. The summed E-state index contributed by atoms with van der Waals surface area (Å²) in [5, 5.41) is 15.2. The van der Waals surface area contributed by atoms with Crippen LogP contribution in [0.15, 0.2) is 0 Å². The number of aliphatic carboxylic acids is 1. The molecule has 0 unspecified atom stereocenters. The van der Waals surface area contributed by atoms with Crippen LogP contribution >= 0.6 is 0 Å². The normalized spacial score (nSPS) is 21.6. The van der Waals surface area contributed by atoms with Crippen LogP contribution in [0.2, 0.25) is 0 Å². The minimum atomic E-state index is -0.829. The van der Waals surface area contributed by atoms with Crippen molar-refractivity contribution >= 4 is 17.7 Å². The third-order valence-corrected chi connectivity index (χ3v) is 3.91. The molecule has 0 bridgehead atoms. The number of nitrogens with zero attached hydrogens (tertiary/aromatic N) is 3. The predicted octanol–water partition coefficient (Wildman–Crippen LogP) is -0.130. The van der Waals surface area contributed by atoms with Crippen LogP contribution < -0.4 is 15.5 Å². The van der Waals surface area contributed by atoms with E-state index >= 15 is 0 Å². The molecule has 1 saturated heterocycles. The Morgan fingerprint density at radius 1 is 1.45 bits per heavy atom. The molecule has 0 saturated carbocycles. The number of carboxylic acid groups (broad SMARTS) is 1. The molecule has 0 amide bonds. The summed E-state index contributed by atoms with van der Waals surface area (Å²) in [5.74, 6) is 0.695. The zero-order valence-corrected chi connectivity index (χ0v) is 11.5. The molecule has 1 aliphatic heterocycles. The highest BCUT2D eigenvalue weighted by atomic mass is 16.4. The Hall–Kier alpha value is -1.89. The van der Waals surface area contributed by atoms with Crippen LogP contribution in [0.25, 0.3) is 0 Å². The van der Waals surface area contributed by atoms with Gasteiger partial charge in [-0.25, -0.2) is 4.98 Å². The molecule has 3 rings (SSSR count). The van der Waals surface area contributed by atoms with Crippen molar-refractivity contribution in [1.82, 2.24) is 15.3 Å². The first-order valence-electron chi connectivity index (χ1n) is 6.97. The van der Waals surface area contributed by atoms with Crippen molar-refractivity contribution in [2.75, 3.05) is 36.9 Å². The molecule has 7 nitrogen and oxygen atoms in total. The molecule has 0 spiro atoms. The van der Waals surface area contributed by atoms with Gasteiger partial charge in [0.2, 0.25) is 5.95 Å². The number of fused-ring (bicyclic) bond motifs is 1. The summed E-state index contributed by atoms with van der Waals surface area (Å²) in [6, 6.07) is -0.557. The minimum absolute atomic E-state index is 0.400. The van der Waals surface area contributed by atoms with E-state index in [0.29, 0.717) is 19.0 Å². The Morgan fingerprint density at radius 2 is 2.30 bits per heavy atom. The smallest absolute Gasteiger partial charge is 0.322 e. The standard InChI is InChI=1S/C13H19N5O2/c1-14-11-8-3-2-4-9(8)16-13(17-11)18-6-5-15-10(7-18)12(19)20/h10,15H,2-7H2,1H3,(H,19,20)(H,14,16,17)/t10-/m0/s1. The van der Waals surface area contributed by atoms with Crippen LogP contribution in [0.3, 0.4) is 0 Å². The van der Waals surface area contributed by atoms with E-state index < -0.39 is 12.0 Å². The van der Waals surface area contributed by atoms with Gasteiger partial charge in [-0.2, -0.15) is 4.98 Å². The molecule has 2 aliphatic rings. The molecule has 20 heavy (non-hydrogen) atoms. The lowest BCUT2D eigenvalue weighted by Gasteiger charge is -2.32. The summed E-state index contributed by atoms with van der Waals surface area (Å²) < 4.78 is 0. The molecule has 1 atom stereocenters. The van der Waals surface area contributed by atoms with E-state index in [1.165, 1.54) is 5.56 Å². The number of aryl methyl sites for hydroxylation is 1. The van der Waals surface area contributed by atoms with Crippen LogP contribution in [-0.4, -0.2) is 53.8 Å². The van der Waals surface area contributed by atoms with Crippen molar-refractivity contribution in [1.29, 1.82) is 0 Å². The van der Waals surface area contributed by atoms with Crippen LogP contribution in [0.1, 0.15) is 17.7 Å². The van der Waals surface area contributed by atoms with E-state index in [2.05, 4.69) is 20.6 Å². The fourth-order valence-corrected chi connectivity index (χ4v) is 2.86. The number of hydrogen-bond donors (Lipinski definition) is 3. The number of aromatic nitrogens is 2. The van der Waals surface area contributed by atoms with Crippen molar-refractivity contribution in [3.8, 4) is 0 Å². The van der Waals surface area contributed by atoms with Gasteiger partial charge in [-0.15, -0.1) is 0 Å². The summed E-state index contributed by atoms with van der Waals surface area (Å²) in [7, 11) is 1.86. The Morgan fingerprint density at radius 3 is 3.05 bits per heavy atom. The Bertz CT molecular complexity index is 534. The number of piperazine rings is 1. The highest BCUT2D eigenvalue weighted by Gasteiger charge is 2.28. The molecular weight excluding hydrogens is 258 g/mol. The molecule has 0 aromatic carbocycles. The molecule has 1 aromatic heterocycles. The summed E-state index contributed by atoms with van der Waals surface area (Å²) in [5.41, 5.74) is 2.31. The SMILES string of the molecule is CNc1nc(N2CCN[C@H](C(=O)O)C2)nc2c1CCC2. The maximum Gasteiger partial charge on any atom is 0.322 e. The average molecular weight is 277 g/mol. The zero-order chi connectivity index (χ0) is 14.1. The second-order valence-electron chi connectivity index (χ2n) is 5.19. The van der Waals surface area contributed by atoms with Crippen molar-refractivity contribution in [2.45, 2.75) is 25.3 Å². The highest BCUT2D eigenvalue weighted by Crippen LogP contribution is 2.28. The Kier molecular flexibility index (Phi) is 3.43. The fourth-order valence-electron chi connectivity index (χ4n) is 2.86. The maximum absolute atomic E-state index is 11.1. The Balaban J connectivity index is 1.88. The summed E-state index contributed by atoms with van der Waals surface area (Å²) in [6.45, 7) is 1.76. The van der Waals surface area contributed by atoms with Gasteiger partial charge in [0.05, 0.1) is 5.69 Å². The van der Waals surface area contributed by atoms with E-state index in [0.717, 1.165) is 37.3 Å². The van der Waals surface area contributed by atoms with Gasteiger partial charge >= 0.3 is 5.97 Å². The van der Waals surface area contributed by atoms with E-state index in [1.54, 1.807) is 0 Å². The molecule has 1 fully saturated rings. The number of anilines is 2. The van der Waals surface area contributed by atoms with Crippen LogP contribution in [0.5, 0.6) is 0 Å². The van der Waals surface area contributed by atoms with Gasteiger partial charge in [-0.1, -0.05) is 0 Å². The first kappa shape index (κ1) is 13.1. The van der Waals surface area contributed by atoms with Crippen molar-refractivity contribution in [3.63, 3.8) is 0 Å². The van der Waals surface area contributed by atoms with Gasteiger partial charge in [-0.3, -0.25) is 4.79 Å². The summed E-state index contributed by atoms with van der Waals surface area (Å²) >= 11 is 0. The second-order valence-corrected chi connectivity index (χ2v) is 5.19. The number of hydrogen-bond acceptors (Lipinski definition) is 6. The van der Waals surface area contributed by atoms with Crippen molar-refractivity contribution in [2.24, 2.45) is 0 Å². The van der Waals surface area contributed by atoms with Crippen molar-refractivity contribution in [3.05, 3.63) is 11.3 Å². The van der Waals surface area contributed by atoms with Crippen LogP contribution in [0, 0.1) is 0 Å². The fraction of sp³-hybridized carbons (Fsp3) is 0.615. The number of carbonyl (C=O) groups is 1. The van der Waals surface area contributed by atoms with Gasteiger partial charge in [0.15, 0.2) is 0 Å². The lowest BCUT2D eigenvalue weighted by molar-refractivity contribution is -0.139. The topological polar surface area (TPSA) is 90.4 Å². The molecule has 1 aromatic rings. The molecule has 108 valence electrons. The molecule has 7 heteroatoms. The van der Waals surface area contributed by atoms with Gasteiger partial charge in [0.1, 0.15) is 11.9 Å². The van der Waals surface area contributed by atoms with Gasteiger partial charge in [-0.05, 0) is 19.3 Å². The van der Waals surface area contributed by atoms with Crippen molar-refractivity contribution < 1.29 is 9.90 Å². The van der Waals surface area contributed by atoms with E-state index in [9.17, 15) is 4.79 Å². The monoisotopic (exact) mass is 277 g/mol. The zero-order valence-electron chi connectivity index (χ0n) is 11.5. The third-order valence-electron chi connectivity index (χ3n) is 3.91. The van der Waals surface area contributed by atoms with Crippen LogP contribution in [0.4, 0.5) is 11.8 Å². The first-order valence-corrected chi connectivity index (χ1v) is 6.97. The van der Waals surface area contributed by atoms with Gasteiger partial charge in [0.25, 0.3) is 0 Å². The largest absolute Gasteiger partial charge is 0.480 e. The number of carboxylic acids is 1. The molecular formula is C13H19N5O2. The second kappa shape index (κ2) is 5.24. The Labute approximate surface area is 117 Å². The lowest BCUT2D eigenvalue weighted by Crippen LogP contribution is -2.54. The van der Waals surface area contributed by atoms with Gasteiger partial charge < -0.3 is 20.6 Å². The summed E-state index contributed by atoms with van der Waals surface area (Å²) in [6.07, 6.45) is 3.11. The van der Waals surface area contributed by atoms with Gasteiger partial charge in [0, 0.05) is 32.2 Å². The van der Waals surface area contributed by atoms with Crippen LogP contribution in [-0.2, 0) is 17.6 Å². The first-order chi connectivity index (χ1) is 9.69. The lowest BCUT2D eigenvalue weighted by atomic mass is 10.2. The maximum atomic E-state index is 11.1. The molecule has 0 radical (unpaired) electrons.